The Morgan fingerprint density at radius 1 is 1.12 bits per heavy atom. The molecule has 1 aromatic carbocycles. The molecule has 0 saturated carbocycles. The first-order valence-electron chi connectivity index (χ1n) is 7.61. The van der Waals surface area contributed by atoms with Crippen molar-refractivity contribution in [2.24, 2.45) is 0 Å². The third kappa shape index (κ3) is 3.78. The maximum absolute atomic E-state index is 12.1. The second kappa shape index (κ2) is 6.95. The van der Waals surface area contributed by atoms with E-state index in [1.165, 1.54) is 0 Å². The second-order valence-corrected chi connectivity index (χ2v) is 5.43. The quantitative estimate of drug-likeness (QED) is 0.754. The number of aromatic amines is 1. The Labute approximate surface area is 139 Å². The SMILES string of the molecule is Cc1n[nH]c(C)c1CC(=O)Nc1ccc(Oc2ccccc2)cn1. The number of nitrogens with zero attached hydrogens (tertiary/aromatic N) is 2. The zero-order chi connectivity index (χ0) is 16.9. The van der Waals surface area contributed by atoms with Crippen LogP contribution in [0.2, 0.25) is 0 Å². The molecule has 2 heterocycles. The standard InChI is InChI=1S/C18H18N4O2/c1-12-16(13(2)22-21-12)10-18(23)20-17-9-8-15(11-19-17)24-14-6-4-3-5-7-14/h3-9,11H,10H2,1-2H3,(H,21,22)(H,19,20,23). The minimum atomic E-state index is -0.133. The van der Waals surface area contributed by atoms with E-state index in [2.05, 4.69) is 20.5 Å². The fourth-order valence-electron chi connectivity index (χ4n) is 2.32. The van der Waals surface area contributed by atoms with Crippen molar-refractivity contribution in [3.05, 3.63) is 65.6 Å². The summed E-state index contributed by atoms with van der Waals surface area (Å²) in [5.41, 5.74) is 2.65. The van der Waals surface area contributed by atoms with Crippen molar-refractivity contribution >= 4 is 11.7 Å². The molecular formula is C18H18N4O2. The molecule has 0 saturated heterocycles. The van der Waals surface area contributed by atoms with Crippen molar-refractivity contribution < 1.29 is 9.53 Å². The Morgan fingerprint density at radius 2 is 1.92 bits per heavy atom. The molecule has 0 radical (unpaired) electrons. The number of carbonyl (C=O) groups is 1. The number of hydrogen-bond acceptors (Lipinski definition) is 4. The monoisotopic (exact) mass is 322 g/mol. The van der Waals surface area contributed by atoms with Crippen molar-refractivity contribution in [3.8, 4) is 11.5 Å². The summed E-state index contributed by atoms with van der Waals surface area (Å²) in [6.45, 7) is 3.77. The maximum atomic E-state index is 12.1. The van der Waals surface area contributed by atoms with Gasteiger partial charge >= 0.3 is 0 Å². The molecule has 0 aliphatic carbocycles. The molecule has 0 aliphatic heterocycles. The fourth-order valence-corrected chi connectivity index (χ4v) is 2.32. The summed E-state index contributed by atoms with van der Waals surface area (Å²) in [4.78, 5) is 16.3. The van der Waals surface area contributed by atoms with E-state index in [9.17, 15) is 4.79 Å². The van der Waals surface area contributed by atoms with Gasteiger partial charge in [-0.1, -0.05) is 18.2 Å². The lowest BCUT2D eigenvalue weighted by atomic mass is 10.1. The van der Waals surface area contributed by atoms with Gasteiger partial charge in [0.1, 0.15) is 17.3 Å². The molecule has 0 fully saturated rings. The largest absolute Gasteiger partial charge is 0.456 e. The van der Waals surface area contributed by atoms with E-state index in [4.69, 9.17) is 4.74 Å². The topological polar surface area (TPSA) is 79.9 Å². The molecule has 0 bridgehead atoms. The molecule has 2 aromatic heterocycles. The van der Waals surface area contributed by atoms with Crippen molar-refractivity contribution in [2.75, 3.05) is 5.32 Å². The molecule has 6 nitrogen and oxygen atoms in total. The number of rotatable bonds is 5. The second-order valence-electron chi connectivity index (χ2n) is 5.43. The summed E-state index contributed by atoms with van der Waals surface area (Å²) < 4.78 is 5.67. The van der Waals surface area contributed by atoms with Crippen LogP contribution in [0.1, 0.15) is 17.0 Å². The predicted octanol–water partition coefficient (Wildman–Crippen LogP) is 3.40. The number of para-hydroxylation sites is 1. The van der Waals surface area contributed by atoms with Crippen LogP contribution in [-0.2, 0) is 11.2 Å². The number of ether oxygens (including phenoxy) is 1. The Morgan fingerprint density at radius 3 is 2.54 bits per heavy atom. The van der Waals surface area contributed by atoms with Crippen LogP contribution in [0.15, 0.2) is 48.7 Å². The smallest absolute Gasteiger partial charge is 0.230 e. The highest BCUT2D eigenvalue weighted by atomic mass is 16.5. The van der Waals surface area contributed by atoms with Crippen LogP contribution in [0.4, 0.5) is 5.82 Å². The van der Waals surface area contributed by atoms with Crippen LogP contribution in [0.3, 0.4) is 0 Å². The average Bonchev–Trinajstić information content (AvgIpc) is 2.89. The van der Waals surface area contributed by atoms with Crippen LogP contribution in [0.25, 0.3) is 0 Å². The molecular weight excluding hydrogens is 304 g/mol. The summed E-state index contributed by atoms with van der Waals surface area (Å²) in [5.74, 6) is 1.70. The normalized spacial score (nSPS) is 10.4. The van der Waals surface area contributed by atoms with E-state index in [0.717, 1.165) is 22.7 Å². The van der Waals surface area contributed by atoms with E-state index < -0.39 is 0 Å². The molecule has 3 aromatic rings. The molecule has 0 spiro atoms. The summed E-state index contributed by atoms with van der Waals surface area (Å²) in [6, 6.07) is 12.9. The van der Waals surface area contributed by atoms with E-state index in [0.29, 0.717) is 11.6 Å². The van der Waals surface area contributed by atoms with E-state index in [-0.39, 0.29) is 12.3 Å². The molecule has 0 atom stereocenters. The predicted molar refractivity (Wildman–Crippen MR) is 91.1 cm³/mol. The van der Waals surface area contributed by atoms with E-state index in [1.54, 1.807) is 18.3 Å². The molecule has 1 amide bonds. The minimum Gasteiger partial charge on any atom is -0.456 e. The van der Waals surface area contributed by atoms with Gasteiger partial charge < -0.3 is 10.1 Å². The number of carbonyl (C=O) groups excluding carboxylic acids is 1. The van der Waals surface area contributed by atoms with E-state index in [1.807, 2.05) is 44.2 Å². The Kier molecular flexibility index (Phi) is 4.56. The summed E-state index contributed by atoms with van der Waals surface area (Å²) in [7, 11) is 0. The molecule has 3 rings (SSSR count). The Bertz CT molecular complexity index is 806. The Hall–Kier alpha value is -3.15. The highest BCUT2D eigenvalue weighted by molar-refractivity contribution is 5.91. The third-order valence-corrected chi connectivity index (χ3v) is 3.60. The highest BCUT2D eigenvalue weighted by Crippen LogP contribution is 2.21. The lowest BCUT2D eigenvalue weighted by molar-refractivity contribution is -0.115. The van der Waals surface area contributed by atoms with Gasteiger partial charge in [-0.2, -0.15) is 5.10 Å². The summed E-state index contributed by atoms with van der Waals surface area (Å²) >= 11 is 0. The van der Waals surface area contributed by atoms with Gasteiger partial charge in [-0.15, -0.1) is 0 Å². The molecule has 2 N–H and O–H groups in total. The van der Waals surface area contributed by atoms with E-state index >= 15 is 0 Å². The van der Waals surface area contributed by atoms with Gasteiger partial charge in [0.25, 0.3) is 0 Å². The summed E-state index contributed by atoms with van der Waals surface area (Å²) in [6.07, 6.45) is 1.84. The first-order chi connectivity index (χ1) is 11.6. The van der Waals surface area contributed by atoms with Gasteiger partial charge in [0.05, 0.1) is 18.3 Å². The number of nitrogens with one attached hydrogen (secondary N) is 2. The fraction of sp³-hybridized carbons (Fsp3) is 0.167. The first-order valence-corrected chi connectivity index (χ1v) is 7.61. The molecule has 24 heavy (non-hydrogen) atoms. The third-order valence-electron chi connectivity index (χ3n) is 3.60. The average molecular weight is 322 g/mol. The Balaban J connectivity index is 1.61. The number of amides is 1. The van der Waals surface area contributed by atoms with Crippen LogP contribution in [-0.4, -0.2) is 21.1 Å². The zero-order valence-electron chi connectivity index (χ0n) is 13.5. The van der Waals surface area contributed by atoms with Gasteiger partial charge in [-0.05, 0) is 38.1 Å². The van der Waals surface area contributed by atoms with Gasteiger partial charge in [0.2, 0.25) is 5.91 Å². The molecule has 6 heteroatoms. The number of hydrogen-bond donors (Lipinski definition) is 2. The number of H-pyrrole nitrogens is 1. The number of anilines is 1. The number of aryl methyl sites for hydroxylation is 2. The molecule has 122 valence electrons. The van der Waals surface area contributed by atoms with Crippen LogP contribution in [0.5, 0.6) is 11.5 Å². The van der Waals surface area contributed by atoms with Gasteiger partial charge in [-0.3, -0.25) is 9.89 Å². The lowest BCUT2D eigenvalue weighted by Crippen LogP contribution is -2.16. The number of aromatic nitrogens is 3. The van der Waals surface area contributed by atoms with Gasteiger partial charge in [-0.25, -0.2) is 4.98 Å². The van der Waals surface area contributed by atoms with Gasteiger partial charge in [0, 0.05) is 11.3 Å². The lowest BCUT2D eigenvalue weighted by Gasteiger charge is -2.07. The van der Waals surface area contributed by atoms with Crippen molar-refractivity contribution in [1.82, 2.24) is 15.2 Å². The molecule has 0 aliphatic rings. The van der Waals surface area contributed by atoms with Crippen molar-refractivity contribution in [3.63, 3.8) is 0 Å². The van der Waals surface area contributed by atoms with Crippen LogP contribution in [0, 0.1) is 13.8 Å². The van der Waals surface area contributed by atoms with Crippen LogP contribution < -0.4 is 10.1 Å². The number of pyridine rings is 1. The van der Waals surface area contributed by atoms with Crippen molar-refractivity contribution in [2.45, 2.75) is 20.3 Å². The molecule has 0 unspecified atom stereocenters. The highest BCUT2D eigenvalue weighted by Gasteiger charge is 2.12. The van der Waals surface area contributed by atoms with Crippen LogP contribution >= 0.6 is 0 Å². The zero-order valence-corrected chi connectivity index (χ0v) is 13.5. The first kappa shape index (κ1) is 15.7. The van der Waals surface area contributed by atoms with Gasteiger partial charge in [0.15, 0.2) is 0 Å². The minimum absolute atomic E-state index is 0.133. The van der Waals surface area contributed by atoms with Crippen molar-refractivity contribution in [1.29, 1.82) is 0 Å². The summed E-state index contributed by atoms with van der Waals surface area (Å²) in [5, 5.41) is 9.74. The maximum Gasteiger partial charge on any atom is 0.230 e. The number of benzene rings is 1.